The molecule has 0 saturated heterocycles. The fourth-order valence-electron chi connectivity index (χ4n) is 3.04. The predicted octanol–water partition coefficient (Wildman–Crippen LogP) is 5.66. The summed E-state index contributed by atoms with van der Waals surface area (Å²) < 4.78 is 18.6. The van der Waals surface area contributed by atoms with Gasteiger partial charge in [0, 0.05) is 25.6 Å². The summed E-state index contributed by atoms with van der Waals surface area (Å²) in [5, 5.41) is 2.89. The lowest BCUT2D eigenvalue weighted by molar-refractivity contribution is -0.0374. The Morgan fingerprint density at radius 2 is 2.07 bits per heavy atom. The molecular weight excluding hydrogens is 438 g/mol. The first-order valence-corrected chi connectivity index (χ1v) is 14.4. The number of carbonyl (C=O) groups is 1. The smallest absolute Gasteiger partial charge is 0.409 e. The lowest BCUT2D eigenvalue weighted by Crippen LogP contribution is -2.42. The van der Waals surface area contributed by atoms with Crippen molar-refractivity contribution in [3.8, 4) is 0 Å². The van der Waals surface area contributed by atoms with Crippen molar-refractivity contribution in [2.45, 2.75) is 77.2 Å². The van der Waals surface area contributed by atoms with Crippen LogP contribution in [0.1, 0.15) is 44.4 Å². The molecule has 1 aromatic rings. The summed E-state index contributed by atoms with van der Waals surface area (Å²) in [6.45, 7) is 13.8. The number of benzene rings is 1. The van der Waals surface area contributed by atoms with Crippen LogP contribution >= 0.6 is 15.9 Å². The number of rotatable bonds is 7. The third-order valence-electron chi connectivity index (χ3n) is 4.45. The minimum Gasteiger partial charge on any atom is -0.444 e. The van der Waals surface area contributed by atoms with Crippen molar-refractivity contribution in [3.05, 3.63) is 33.8 Å². The molecule has 1 N–H and O–H groups in total. The van der Waals surface area contributed by atoms with E-state index in [0.717, 1.165) is 22.5 Å². The Balaban J connectivity index is 2.09. The number of alkyl carbamates (subject to hydrolysis) is 1. The third kappa shape index (κ3) is 7.85. The van der Waals surface area contributed by atoms with Crippen LogP contribution in [0.4, 0.5) is 4.79 Å². The second-order valence-corrected chi connectivity index (χ2v) is 15.9. The van der Waals surface area contributed by atoms with Crippen molar-refractivity contribution in [3.63, 3.8) is 0 Å². The highest BCUT2D eigenvalue weighted by Gasteiger charge is 2.28. The van der Waals surface area contributed by atoms with Gasteiger partial charge in [-0.25, -0.2) is 4.79 Å². The molecule has 0 saturated carbocycles. The summed E-state index contributed by atoms with van der Waals surface area (Å²) in [7, 11) is -1.23. The number of hydrogen-bond donors (Lipinski definition) is 1. The molecule has 2 atom stereocenters. The summed E-state index contributed by atoms with van der Waals surface area (Å²) in [6, 6.07) is 7.21. The first-order chi connectivity index (χ1) is 12.9. The van der Waals surface area contributed by atoms with E-state index >= 15 is 0 Å². The van der Waals surface area contributed by atoms with Crippen LogP contribution in [0, 0.1) is 0 Å². The molecule has 0 radical (unpaired) electrons. The highest BCUT2D eigenvalue weighted by Crippen LogP contribution is 2.34. The molecule has 0 bridgehead atoms. The molecule has 0 fully saturated rings. The average molecular weight is 472 g/mol. The van der Waals surface area contributed by atoms with Crippen LogP contribution in [0.15, 0.2) is 22.7 Å². The lowest BCUT2D eigenvalue weighted by atomic mass is 9.95. The number of amides is 1. The predicted molar refractivity (Wildman–Crippen MR) is 118 cm³/mol. The zero-order chi connectivity index (χ0) is 20.9. The SMILES string of the molecule is CC(C)(C)OC(=O)N[C@H](C[C@@H]1OCCc2c(Br)cccc21)OCC[Si](C)(C)C. The van der Waals surface area contributed by atoms with E-state index in [-0.39, 0.29) is 6.10 Å². The van der Waals surface area contributed by atoms with Gasteiger partial charge in [0.15, 0.2) is 0 Å². The van der Waals surface area contributed by atoms with Crippen LogP contribution in [0.5, 0.6) is 0 Å². The van der Waals surface area contributed by atoms with E-state index in [1.165, 1.54) is 5.56 Å². The van der Waals surface area contributed by atoms with Gasteiger partial charge < -0.3 is 14.2 Å². The van der Waals surface area contributed by atoms with Gasteiger partial charge in [0.25, 0.3) is 0 Å². The van der Waals surface area contributed by atoms with Crippen molar-refractivity contribution in [2.75, 3.05) is 13.2 Å². The molecule has 158 valence electrons. The molecular formula is C21H34BrNO4Si. The molecule has 0 aromatic heterocycles. The second-order valence-electron chi connectivity index (χ2n) is 9.47. The molecule has 1 aromatic carbocycles. The van der Waals surface area contributed by atoms with Crippen molar-refractivity contribution in [1.82, 2.24) is 5.32 Å². The van der Waals surface area contributed by atoms with Crippen LogP contribution in [-0.4, -0.2) is 39.2 Å². The van der Waals surface area contributed by atoms with Gasteiger partial charge in [-0.3, -0.25) is 5.32 Å². The number of carbonyl (C=O) groups excluding carboxylic acids is 1. The van der Waals surface area contributed by atoms with Crippen molar-refractivity contribution < 1.29 is 19.0 Å². The molecule has 1 aliphatic rings. The summed E-state index contributed by atoms with van der Waals surface area (Å²) in [4.78, 5) is 12.3. The Labute approximate surface area is 178 Å². The first kappa shape index (κ1) is 23.4. The molecule has 7 heteroatoms. The molecule has 0 unspecified atom stereocenters. The fourth-order valence-corrected chi connectivity index (χ4v) is 4.35. The zero-order valence-corrected chi connectivity index (χ0v) is 20.5. The first-order valence-electron chi connectivity index (χ1n) is 9.95. The minimum atomic E-state index is -1.23. The Morgan fingerprint density at radius 1 is 1.36 bits per heavy atom. The number of ether oxygens (including phenoxy) is 3. The zero-order valence-electron chi connectivity index (χ0n) is 17.9. The van der Waals surface area contributed by atoms with Crippen LogP contribution in [0.25, 0.3) is 0 Å². The van der Waals surface area contributed by atoms with E-state index in [2.05, 4.69) is 53.0 Å². The van der Waals surface area contributed by atoms with Crippen LogP contribution in [0.2, 0.25) is 25.7 Å². The standard InChI is InChI=1S/C21H34BrNO4Si/c1-21(2,3)27-20(24)23-19(26-12-13-28(4,5)6)14-18-16-8-7-9-17(22)15(16)10-11-25-18/h7-9,18-19H,10-14H2,1-6H3,(H,23,24)/t18-,19-/m0/s1. The van der Waals surface area contributed by atoms with Gasteiger partial charge in [-0.15, -0.1) is 0 Å². The number of halogens is 1. The monoisotopic (exact) mass is 471 g/mol. The molecule has 28 heavy (non-hydrogen) atoms. The van der Waals surface area contributed by atoms with Crippen LogP contribution < -0.4 is 5.32 Å². The molecule has 0 aliphatic carbocycles. The number of fused-ring (bicyclic) bond motifs is 1. The van der Waals surface area contributed by atoms with Gasteiger partial charge >= 0.3 is 6.09 Å². The van der Waals surface area contributed by atoms with E-state index in [4.69, 9.17) is 14.2 Å². The van der Waals surface area contributed by atoms with E-state index in [1.807, 2.05) is 26.8 Å². The Bertz CT molecular complexity index is 669. The molecule has 2 rings (SSSR count). The highest BCUT2D eigenvalue weighted by molar-refractivity contribution is 9.10. The quantitative estimate of drug-likeness (QED) is 0.411. The van der Waals surface area contributed by atoms with Gasteiger partial charge in [0.2, 0.25) is 0 Å². The summed E-state index contributed by atoms with van der Waals surface area (Å²) in [5.74, 6) is 0. The van der Waals surface area contributed by atoms with Crippen LogP contribution in [0.3, 0.4) is 0 Å². The largest absolute Gasteiger partial charge is 0.444 e. The van der Waals surface area contributed by atoms with Crippen LogP contribution in [-0.2, 0) is 20.6 Å². The van der Waals surface area contributed by atoms with E-state index < -0.39 is 26.0 Å². The maximum absolute atomic E-state index is 12.3. The summed E-state index contributed by atoms with van der Waals surface area (Å²) in [5.41, 5.74) is 1.88. The summed E-state index contributed by atoms with van der Waals surface area (Å²) >= 11 is 3.64. The fraction of sp³-hybridized carbons (Fsp3) is 0.667. The third-order valence-corrected chi connectivity index (χ3v) is 6.90. The van der Waals surface area contributed by atoms with Crippen molar-refractivity contribution in [1.29, 1.82) is 0 Å². The Hall–Kier alpha value is -0.893. The molecule has 0 spiro atoms. The van der Waals surface area contributed by atoms with Crippen molar-refractivity contribution in [2.24, 2.45) is 0 Å². The lowest BCUT2D eigenvalue weighted by Gasteiger charge is -2.31. The van der Waals surface area contributed by atoms with E-state index in [1.54, 1.807) is 0 Å². The minimum absolute atomic E-state index is 0.118. The molecule has 1 aliphatic heterocycles. The summed E-state index contributed by atoms with van der Waals surface area (Å²) in [6.07, 6.45) is 0.396. The maximum atomic E-state index is 12.3. The molecule has 1 heterocycles. The van der Waals surface area contributed by atoms with Gasteiger partial charge in [0.1, 0.15) is 11.8 Å². The van der Waals surface area contributed by atoms with E-state index in [0.29, 0.717) is 19.6 Å². The average Bonchev–Trinajstić information content (AvgIpc) is 2.52. The number of nitrogens with one attached hydrogen (secondary N) is 1. The Kier molecular flexibility index (Phi) is 8.13. The number of hydrogen-bond acceptors (Lipinski definition) is 4. The normalized spacial score (nSPS) is 18.3. The van der Waals surface area contributed by atoms with Gasteiger partial charge in [-0.1, -0.05) is 47.7 Å². The Morgan fingerprint density at radius 3 is 2.71 bits per heavy atom. The van der Waals surface area contributed by atoms with Crippen molar-refractivity contribution >= 4 is 30.1 Å². The van der Waals surface area contributed by atoms with Gasteiger partial charge in [-0.05, 0) is 50.4 Å². The maximum Gasteiger partial charge on any atom is 0.409 e. The van der Waals surface area contributed by atoms with Gasteiger partial charge in [-0.2, -0.15) is 0 Å². The molecule has 5 nitrogen and oxygen atoms in total. The second kappa shape index (κ2) is 9.74. The van der Waals surface area contributed by atoms with Gasteiger partial charge in [0.05, 0.1) is 12.7 Å². The van der Waals surface area contributed by atoms with E-state index in [9.17, 15) is 4.79 Å². The topological polar surface area (TPSA) is 56.8 Å². The molecule has 1 amide bonds. The highest BCUT2D eigenvalue weighted by atomic mass is 79.9.